The minimum Gasteiger partial charge on any atom is -0.505 e. The number of carbonyl (C=O) groups is 2. The van der Waals surface area contributed by atoms with Crippen LogP contribution in [0, 0.1) is 10.1 Å². The Labute approximate surface area is 130 Å². The third kappa shape index (κ3) is 3.43. The van der Waals surface area contributed by atoms with E-state index < -0.39 is 22.5 Å². The van der Waals surface area contributed by atoms with Crippen molar-refractivity contribution in [2.24, 2.45) is 0 Å². The molecule has 0 saturated carbocycles. The van der Waals surface area contributed by atoms with E-state index >= 15 is 0 Å². The largest absolute Gasteiger partial charge is 0.505 e. The van der Waals surface area contributed by atoms with Crippen molar-refractivity contribution in [3.63, 3.8) is 0 Å². The van der Waals surface area contributed by atoms with Gasteiger partial charge in [0.1, 0.15) is 5.56 Å². The molecule has 2 aromatic carbocycles. The first kappa shape index (κ1) is 16.0. The monoisotopic (exact) mass is 316 g/mol. The molecule has 1 amide bonds. The van der Waals surface area contributed by atoms with Gasteiger partial charge in [0.2, 0.25) is 0 Å². The fraction of sp³-hybridized carbons (Fsp3) is 0.0667. The molecule has 2 N–H and O–H groups in total. The number of ether oxygens (including phenoxy) is 1. The number of nitrogens with one attached hydrogen (secondary N) is 1. The molecule has 0 aliphatic heterocycles. The molecule has 0 fully saturated rings. The molecule has 8 heteroatoms. The van der Waals surface area contributed by atoms with Gasteiger partial charge in [-0.3, -0.25) is 14.9 Å². The van der Waals surface area contributed by atoms with Crippen LogP contribution < -0.4 is 5.32 Å². The summed E-state index contributed by atoms with van der Waals surface area (Å²) in [7, 11) is 1.17. The highest BCUT2D eigenvalue weighted by Crippen LogP contribution is 2.28. The zero-order chi connectivity index (χ0) is 17.0. The molecule has 0 saturated heterocycles. The molecule has 0 atom stereocenters. The fourth-order valence-electron chi connectivity index (χ4n) is 1.85. The van der Waals surface area contributed by atoms with Crippen LogP contribution in [0.1, 0.15) is 20.7 Å². The van der Waals surface area contributed by atoms with Gasteiger partial charge in [-0.2, -0.15) is 0 Å². The summed E-state index contributed by atoms with van der Waals surface area (Å²) in [5, 5.41) is 23.0. The van der Waals surface area contributed by atoms with Crippen molar-refractivity contribution < 1.29 is 24.4 Å². The van der Waals surface area contributed by atoms with Gasteiger partial charge in [-0.1, -0.05) is 6.07 Å². The van der Waals surface area contributed by atoms with Crippen LogP contribution in [0.3, 0.4) is 0 Å². The van der Waals surface area contributed by atoms with Crippen LogP contribution in [0.2, 0.25) is 0 Å². The van der Waals surface area contributed by atoms with Crippen LogP contribution in [0.15, 0.2) is 42.5 Å². The van der Waals surface area contributed by atoms with Gasteiger partial charge in [0.05, 0.1) is 17.7 Å². The van der Waals surface area contributed by atoms with Crippen molar-refractivity contribution in [2.45, 2.75) is 0 Å². The summed E-state index contributed by atoms with van der Waals surface area (Å²) in [5.41, 5.74) is -0.0409. The molecule has 8 nitrogen and oxygen atoms in total. The SMILES string of the molecule is COC(=O)c1cccc(NC(=O)c2ccc([N+](=O)[O-])cc2)c1O. The van der Waals surface area contributed by atoms with Gasteiger partial charge >= 0.3 is 5.97 Å². The quantitative estimate of drug-likeness (QED) is 0.387. The number of benzene rings is 2. The molecule has 2 rings (SSSR count). The number of para-hydroxylation sites is 1. The van der Waals surface area contributed by atoms with Crippen LogP contribution in [0.5, 0.6) is 5.75 Å². The summed E-state index contributed by atoms with van der Waals surface area (Å²) in [5.74, 6) is -1.75. The predicted molar refractivity (Wildman–Crippen MR) is 80.5 cm³/mol. The molecular weight excluding hydrogens is 304 g/mol. The molecule has 118 valence electrons. The molecule has 23 heavy (non-hydrogen) atoms. The van der Waals surface area contributed by atoms with Gasteiger partial charge < -0.3 is 15.2 Å². The molecular formula is C15H12N2O6. The second-order valence-electron chi connectivity index (χ2n) is 4.45. The van der Waals surface area contributed by atoms with Crippen LogP contribution in [-0.4, -0.2) is 29.0 Å². The first-order valence-corrected chi connectivity index (χ1v) is 6.40. The Morgan fingerprint density at radius 2 is 1.83 bits per heavy atom. The Hall–Kier alpha value is -3.42. The van der Waals surface area contributed by atoms with Crippen molar-refractivity contribution in [3.05, 3.63) is 63.7 Å². The fourth-order valence-corrected chi connectivity index (χ4v) is 1.85. The molecule has 0 spiro atoms. The van der Waals surface area contributed by atoms with Gasteiger partial charge in [0.15, 0.2) is 5.75 Å². The Morgan fingerprint density at radius 3 is 2.39 bits per heavy atom. The summed E-state index contributed by atoms with van der Waals surface area (Å²) in [6.07, 6.45) is 0. The van der Waals surface area contributed by atoms with E-state index in [4.69, 9.17) is 0 Å². The Bertz CT molecular complexity index is 770. The summed E-state index contributed by atoms with van der Waals surface area (Å²) in [6.45, 7) is 0. The number of esters is 1. The molecule has 0 heterocycles. The van der Waals surface area contributed by atoms with Crippen LogP contribution >= 0.6 is 0 Å². The third-order valence-corrected chi connectivity index (χ3v) is 3.03. The number of phenolic OH excluding ortho intramolecular Hbond substituents is 1. The first-order valence-electron chi connectivity index (χ1n) is 6.40. The van der Waals surface area contributed by atoms with Crippen LogP contribution in [-0.2, 0) is 4.74 Å². The zero-order valence-corrected chi connectivity index (χ0v) is 12.0. The Kier molecular flexibility index (Phi) is 4.55. The summed E-state index contributed by atoms with van der Waals surface area (Å²) in [6, 6.07) is 9.19. The summed E-state index contributed by atoms with van der Waals surface area (Å²) in [4.78, 5) is 33.6. The molecule has 0 aliphatic rings. The average Bonchev–Trinajstić information content (AvgIpc) is 2.56. The maximum absolute atomic E-state index is 12.1. The second-order valence-corrected chi connectivity index (χ2v) is 4.45. The number of methoxy groups -OCH3 is 1. The molecule has 0 aromatic heterocycles. The van der Waals surface area contributed by atoms with Crippen molar-refractivity contribution in [1.29, 1.82) is 0 Å². The topological polar surface area (TPSA) is 119 Å². The number of hydrogen-bond donors (Lipinski definition) is 2. The zero-order valence-electron chi connectivity index (χ0n) is 12.0. The summed E-state index contributed by atoms with van der Waals surface area (Å²) >= 11 is 0. The van der Waals surface area contributed by atoms with E-state index in [1.165, 1.54) is 49.6 Å². The van der Waals surface area contributed by atoms with Gasteiger partial charge in [-0.15, -0.1) is 0 Å². The number of aromatic hydroxyl groups is 1. The van der Waals surface area contributed by atoms with Crippen molar-refractivity contribution in [2.75, 3.05) is 12.4 Å². The number of nitro benzene ring substituents is 1. The maximum atomic E-state index is 12.1. The second kappa shape index (κ2) is 6.56. The summed E-state index contributed by atoms with van der Waals surface area (Å²) < 4.78 is 4.52. The Morgan fingerprint density at radius 1 is 1.17 bits per heavy atom. The lowest BCUT2D eigenvalue weighted by Crippen LogP contribution is -2.13. The number of hydrogen-bond acceptors (Lipinski definition) is 6. The number of anilines is 1. The average molecular weight is 316 g/mol. The molecule has 0 aliphatic carbocycles. The van der Waals surface area contributed by atoms with Crippen molar-refractivity contribution in [3.8, 4) is 5.75 Å². The van der Waals surface area contributed by atoms with Gasteiger partial charge in [0, 0.05) is 17.7 Å². The highest BCUT2D eigenvalue weighted by molar-refractivity contribution is 6.06. The van der Waals surface area contributed by atoms with E-state index in [0.29, 0.717) is 0 Å². The van der Waals surface area contributed by atoms with Crippen molar-refractivity contribution >= 4 is 23.3 Å². The number of amides is 1. The predicted octanol–water partition coefficient (Wildman–Crippen LogP) is 2.34. The number of nitro groups is 1. The van der Waals surface area contributed by atoms with E-state index in [1.54, 1.807) is 0 Å². The van der Waals surface area contributed by atoms with Gasteiger partial charge in [-0.25, -0.2) is 4.79 Å². The van der Waals surface area contributed by atoms with Gasteiger partial charge in [0.25, 0.3) is 11.6 Å². The minimum absolute atomic E-state index is 0.0243. The number of carbonyl (C=O) groups excluding carboxylic acids is 2. The lowest BCUT2D eigenvalue weighted by molar-refractivity contribution is -0.384. The third-order valence-electron chi connectivity index (χ3n) is 3.03. The maximum Gasteiger partial charge on any atom is 0.341 e. The highest BCUT2D eigenvalue weighted by atomic mass is 16.6. The van der Waals surface area contributed by atoms with E-state index in [9.17, 15) is 24.8 Å². The Balaban J connectivity index is 2.23. The normalized spacial score (nSPS) is 9.96. The number of nitrogens with zero attached hydrogens (tertiary/aromatic N) is 1. The molecule has 0 unspecified atom stereocenters. The van der Waals surface area contributed by atoms with E-state index in [-0.39, 0.29) is 22.5 Å². The minimum atomic E-state index is -0.742. The number of non-ortho nitro benzene ring substituents is 1. The number of phenols is 1. The van der Waals surface area contributed by atoms with E-state index in [2.05, 4.69) is 10.1 Å². The smallest absolute Gasteiger partial charge is 0.341 e. The highest BCUT2D eigenvalue weighted by Gasteiger charge is 2.17. The standard InChI is InChI=1S/C15H12N2O6/c1-23-15(20)11-3-2-4-12(13(11)18)16-14(19)9-5-7-10(8-6-9)17(21)22/h2-8,18H,1H3,(H,16,19). The van der Waals surface area contributed by atoms with Gasteiger partial charge in [-0.05, 0) is 24.3 Å². The lowest BCUT2D eigenvalue weighted by atomic mass is 10.1. The molecule has 0 bridgehead atoms. The molecule has 0 radical (unpaired) electrons. The van der Waals surface area contributed by atoms with Crippen LogP contribution in [0.25, 0.3) is 0 Å². The van der Waals surface area contributed by atoms with Crippen LogP contribution in [0.4, 0.5) is 11.4 Å². The van der Waals surface area contributed by atoms with Crippen molar-refractivity contribution in [1.82, 2.24) is 0 Å². The number of rotatable bonds is 4. The lowest BCUT2D eigenvalue weighted by Gasteiger charge is -2.10. The van der Waals surface area contributed by atoms with E-state index in [1.807, 2.05) is 0 Å². The molecule has 2 aromatic rings. The van der Waals surface area contributed by atoms with E-state index in [0.717, 1.165) is 0 Å². The first-order chi connectivity index (χ1) is 10.9.